The van der Waals surface area contributed by atoms with Crippen LogP contribution in [0, 0.1) is 0 Å². The van der Waals surface area contributed by atoms with Crippen molar-refractivity contribution in [2.75, 3.05) is 18.1 Å². The fourth-order valence-electron chi connectivity index (χ4n) is 5.16. The van der Waals surface area contributed by atoms with Gasteiger partial charge in [-0.1, -0.05) is 37.1 Å². The molecule has 1 aromatic carbocycles. The van der Waals surface area contributed by atoms with E-state index in [1.54, 1.807) is 0 Å². The van der Waals surface area contributed by atoms with E-state index in [-0.39, 0.29) is 36.0 Å². The monoisotopic (exact) mass is 419 g/mol. The van der Waals surface area contributed by atoms with Crippen LogP contribution in [0.4, 0.5) is 0 Å². The van der Waals surface area contributed by atoms with Gasteiger partial charge in [-0.05, 0) is 36.8 Å². The fraction of sp³-hybridized carbons (Fsp3) is 0.619. The van der Waals surface area contributed by atoms with Crippen molar-refractivity contribution in [3.8, 4) is 0 Å². The smallest absolute Gasteiger partial charge is 0.237 e. The molecule has 8 heteroatoms. The van der Waals surface area contributed by atoms with Crippen LogP contribution >= 0.6 is 0 Å². The number of primary amides is 1. The molecular weight excluding hydrogens is 390 g/mol. The highest BCUT2D eigenvalue weighted by Crippen LogP contribution is 2.30. The highest BCUT2D eigenvalue weighted by molar-refractivity contribution is 7.91. The first-order valence-corrected chi connectivity index (χ1v) is 12.3. The maximum absolute atomic E-state index is 13.4. The van der Waals surface area contributed by atoms with Gasteiger partial charge in [-0.15, -0.1) is 0 Å². The number of amides is 2. The first-order chi connectivity index (χ1) is 13.8. The zero-order chi connectivity index (χ0) is 20.6. The molecule has 2 aliphatic heterocycles. The van der Waals surface area contributed by atoms with Crippen LogP contribution in [0.25, 0.3) is 0 Å². The molecule has 2 unspecified atom stereocenters. The number of rotatable bonds is 5. The Morgan fingerprint density at radius 1 is 1.07 bits per heavy atom. The van der Waals surface area contributed by atoms with Gasteiger partial charge in [0.15, 0.2) is 9.84 Å². The first-order valence-electron chi connectivity index (χ1n) is 10.5. The van der Waals surface area contributed by atoms with Crippen molar-refractivity contribution >= 4 is 21.7 Å². The molecule has 1 aliphatic carbocycles. The summed E-state index contributed by atoms with van der Waals surface area (Å²) in [5.41, 5.74) is 7.86. The van der Waals surface area contributed by atoms with Crippen LogP contribution in [0.3, 0.4) is 0 Å². The molecule has 2 N–H and O–H groups in total. The van der Waals surface area contributed by atoms with Gasteiger partial charge in [0.2, 0.25) is 11.8 Å². The van der Waals surface area contributed by atoms with Gasteiger partial charge in [0.25, 0.3) is 0 Å². The Balaban J connectivity index is 1.55. The van der Waals surface area contributed by atoms with Gasteiger partial charge in [0.05, 0.1) is 24.1 Å². The molecule has 2 amide bonds. The van der Waals surface area contributed by atoms with Crippen LogP contribution in [0.5, 0.6) is 0 Å². The Bertz CT molecular complexity index is 895. The SMILES string of the molecule is NC(=O)C1Cc2ccccc2CN1CC(=O)N(C1CCCC1)C1CCS(=O)(=O)C1. The van der Waals surface area contributed by atoms with E-state index in [1.807, 2.05) is 34.1 Å². The molecule has 2 atom stereocenters. The number of hydrogen-bond donors (Lipinski definition) is 1. The predicted octanol–water partition coefficient (Wildman–Crippen LogP) is 0.857. The number of sulfone groups is 1. The van der Waals surface area contributed by atoms with Gasteiger partial charge in [-0.2, -0.15) is 0 Å². The lowest BCUT2D eigenvalue weighted by Crippen LogP contribution is -2.55. The predicted molar refractivity (Wildman–Crippen MR) is 110 cm³/mol. The maximum Gasteiger partial charge on any atom is 0.237 e. The quantitative estimate of drug-likeness (QED) is 0.763. The van der Waals surface area contributed by atoms with E-state index in [0.717, 1.165) is 36.8 Å². The van der Waals surface area contributed by atoms with Gasteiger partial charge in [0.1, 0.15) is 0 Å². The molecule has 158 valence electrons. The van der Waals surface area contributed by atoms with Crippen LogP contribution in [-0.2, 0) is 32.4 Å². The van der Waals surface area contributed by atoms with Crippen LogP contribution in [0.2, 0.25) is 0 Å². The van der Waals surface area contributed by atoms with Crippen molar-refractivity contribution in [1.29, 1.82) is 0 Å². The Kier molecular flexibility index (Phi) is 5.66. The molecule has 3 aliphatic rings. The van der Waals surface area contributed by atoms with E-state index in [0.29, 0.717) is 19.4 Å². The standard InChI is InChI=1S/C21H29N3O4S/c22-21(26)19-11-15-5-1-2-6-16(15)12-23(19)13-20(25)24(17-7-3-4-8-17)18-9-10-29(27,28)14-18/h1-2,5-6,17-19H,3-4,7-14H2,(H2,22,26). The van der Waals surface area contributed by atoms with Crippen molar-refractivity contribution in [1.82, 2.24) is 9.80 Å². The van der Waals surface area contributed by atoms with Gasteiger partial charge in [0, 0.05) is 18.6 Å². The van der Waals surface area contributed by atoms with Gasteiger partial charge >= 0.3 is 0 Å². The lowest BCUT2D eigenvalue weighted by atomic mass is 9.93. The molecule has 0 aromatic heterocycles. The number of hydrogen-bond acceptors (Lipinski definition) is 5. The average Bonchev–Trinajstić information content (AvgIpc) is 3.31. The molecule has 0 radical (unpaired) electrons. The van der Waals surface area contributed by atoms with E-state index in [1.165, 1.54) is 0 Å². The van der Waals surface area contributed by atoms with Gasteiger partial charge < -0.3 is 10.6 Å². The van der Waals surface area contributed by atoms with Crippen molar-refractivity contribution in [3.63, 3.8) is 0 Å². The highest BCUT2D eigenvalue weighted by Gasteiger charge is 2.40. The van der Waals surface area contributed by atoms with E-state index in [9.17, 15) is 18.0 Å². The Hall–Kier alpha value is -1.93. The normalized spacial score (nSPS) is 26.9. The topological polar surface area (TPSA) is 101 Å². The minimum atomic E-state index is -3.08. The summed E-state index contributed by atoms with van der Waals surface area (Å²) in [6.07, 6.45) is 4.98. The summed E-state index contributed by atoms with van der Waals surface area (Å²) >= 11 is 0. The highest BCUT2D eigenvalue weighted by atomic mass is 32.2. The van der Waals surface area contributed by atoms with E-state index >= 15 is 0 Å². The zero-order valence-corrected chi connectivity index (χ0v) is 17.4. The number of nitrogens with two attached hydrogens (primary N) is 1. The van der Waals surface area contributed by atoms with E-state index in [4.69, 9.17) is 5.73 Å². The molecule has 0 spiro atoms. The molecule has 1 saturated heterocycles. The van der Waals surface area contributed by atoms with Crippen LogP contribution in [0.15, 0.2) is 24.3 Å². The fourth-order valence-corrected chi connectivity index (χ4v) is 6.87. The summed E-state index contributed by atoms with van der Waals surface area (Å²) in [7, 11) is -3.08. The molecular formula is C21H29N3O4S. The van der Waals surface area contributed by atoms with Crippen molar-refractivity contribution in [2.24, 2.45) is 5.73 Å². The van der Waals surface area contributed by atoms with Gasteiger partial charge in [-0.25, -0.2) is 8.42 Å². The van der Waals surface area contributed by atoms with Crippen LogP contribution in [-0.4, -0.2) is 66.2 Å². The summed E-state index contributed by atoms with van der Waals surface area (Å²) in [5, 5.41) is 0. The number of carbonyl (C=O) groups is 2. The third-order valence-electron chi connectivity index (χ3n) is 6.62. The molecule has 0 bridgehead atoms. The molecule has 2 fully saturated rings. The average molecular weight is 420 g/mol. The summed E-state index contributed by atoms with van der Waals surface area (Å²) < 4.78 is 24.1. The number of carbonyl (C=O) groups excluding carboxylic acids is 2. The Morgan fingerprint density at radius 3 is 2.38 bits per heavy atom. The maximum atomic E-state index is 13.4. The Labute approximate surface area is 172 Å². The molecule has 7 nitrogen and oxygen atoms in total. The zero-order valence-electron chi connectivity index (χ0n) is 16.6. The molecule has 1 saturated carbocycles. The summed E-state index contributed by atoms with van der Waals surface area (Å²) in [4.78, 5) is 29.2. The number of fused-ring (bicyclic) bond motifs is 1. The minimum absolute atomic E-state index is 0.0529. The molecule has 4 rings (SSSR count). The third kappa shape index (κ3) is 4.33. The summed E-state index contributed by atoms with van der Waals surface area (Å²) in [5.74, 6) is -0.306. The van der Waals surface area contributed by atoms with E-state index < -0.39 is 21.8 Å². The second kappa shape index (κ2) is 8.07. The third-order valence-corrected chi connectivity index (χ3v) is 8.37. The lowest BCUT2D eigenvalue weighted by Gasteiger charge is -2.39. The van der Waals surface area contributed by atoms with Crippen molar-refractivity contribution in [3.05, 3.63) is 35.4 Å². The Morgan fingerprint density at radius 2 is 1.76 bits per heavy atom. The summed E-state index contributed by atoms with van der Waals surface area (Å²) in [6, 6.07) is 7.25. The minimum Gasteiger partial charge on any atom is -0.368 e. The lowest BCUT2D eigenvalue weighted by molar-refractivity contribution is -0.138. The summed E-state index contributed by atoms with van der Waals surface area (Å²) in [6.45, 7) is 0.589. The van der Waals surface area contributed by atoms with E-state index in [2.05, 4.69) is 0 Å². The van der Waals surface area contributed by atoms with Crippen molar-refractivity contribution in [2.45, 2.75) is 63.2 Å². The van der Waals surface area contributed by atoms with Gasteiger partial charge in [-0.3, -0.25) is 14.5 Å². The van der Waals surface area contributed by atoms with Crippen molar-refractivity contribution < 1.29 is 18.0 Å². The number of benzene rings is 1. The largest absolute Gasteiger partial charge is 0.368 e. The molecule has 29 heavy (non-hydrogen) atoms. The van der Waals surface area contributed by atoms with Crippen LogP contribution in [0.1, 0.15) is 43.2 Å². The second-order valence-corrected chi connectivity index (χ2v) is 10.8. The first kappa shape index (κ1) is 20.3. The van der Waals surface area contributed by atoms with Crippen LogP contribution < -0.4 is 5.73 Å². The number of nitrogens with zero attached hydrogens (tertiary/aromatic N) is 2. The molecule has 2 heterocycles. The second-order valence-electron chi connectivity index (χ2n) is 8.59. The molecule has 1 aromatic rings.